The molecule has 0 saturated carbocycles. The Morgan fingerprint density at radius 1 is 1.27 bits per heavy atom. The van der Waals surface area contributed by atoms with E-state index in [9.17, 15) is 0 Å². The third-order valence-corrected chi connectivity index (χ3v) is 2.00. The van der Waals surface area contributed by atoms with Crippen molar-refractivity contribution in [3.63, 3.8) is 0 Å². The quantitative estimate of drug-likeness (QED) is 0.636. The summed E-state index contributed by atoms with van der Waals surface area (Å²) in [6, 6.07) is 3.66. The van der Waals surface area contributed by atoms with Crippen molar-refractivity contribution in [1.82, 2.24) is 10.2 Å². The van der Waals surface area contributed by atoms with Gasteiger partial charge in [-0.25, -0.2) is 0 Å². The predicted octanol–water partition coefficient (Wildman–Crippen LogP) is 1.34. The van der Waals surface area contributed by atoms with Crippen LogP contribution in [0.2, 0.25) is 5.15 Å². The lowest BCUT2D eigenvalue weighted by atomic mass is 10.2. The Hall–Kier alpha value is -0.830. The van der Waals surface area contributed by atoms with Crippen LogP contribution in [0.3, 0.4) is 0 Å². The highest BCUT2D eigenvalue weighted by molar-refractivity contribution is 6.29. The highest BCUT2D eigenvalue weighted by Gasteiger charge is 2.15. The van der Waals surface area contributed by atoms with Crippen LogP contribution in [0.4, 0.5) is 5.82 Å². The van der Waals surface area contributed by atoms with E-state index in [4.69, 9.17) is 11.6 Å². The SMILES string of the molecule is Clc1ccc(N2CCC2)nn1. The molecule has 0 aromatic carbocycles. The normalized spacial score (nSPS) is 16.3. The molecular weight excluding hydrogens is 162 g/mol. The Morgan fingerprint density at radius 2 is 2.09 bits per heavy atom. The topological polar surface area (TPSA) is 29.0 Å². The van der Waals surface area contributed by atoms with Crippen LogP contribution < -0.4 is 4.90 Å². The number of anilines is 1. The van der Waals surface area contributed by atoms with Crippen LogP contribution in [-0.2, 0) is 0 Å². The van der Waals surface area contributed by atoms with Crippen LogP contribution >= 0.6 is 11.6 Å². The predicted molar refractivity (Wildman–Crippen MR) is 43.9 cm³/mol. The second-order valence-electron chi connectivity index (χ2n) is 2.55. The number of aromatic nitrogens is 2. The molecule has 4 heteroatoms. The third-order valence-electron chi connectivity index (χ3n) is 1.80. The first-order valence-corrected chi connectivity index (χ1v) is 3.98. The smallest absolute Gasteiger partial charge is 0.151 e. The maximum atomic E-state index is 5.59. The number of hydrogen-bond donors (Lipinski definition) is 0. The van der Waals surface area contributed by atoms with Gasteiger partial charge < -0.3 is 4.90 Å². The van der Waals surface area contributed by atoms with Gasteiger partial charge in [-0.05, 0) is 18.6 Å². The minimum Gasteiger partial charge on any atom is -0.355 e. The summed E-state index contributed by atoms with van der Waals surface area (Å²) in [5, 5.41) is 8.15. The summed E-state index contributed by atoms with van der Waals surface area (Å²) in [5.41, 5.74) is 0. The first kappa shape index (κ1) is 6.85. The number of rotatable bonds is 1. The van der Waals surface area contributed by atoms with E-state index in [1.807, 2.05) is 6.07 Å². The van der Waals surface area contributed by atoms with Gasteiger partial charge in [-0.3, -0.25) is 0 Å². The maximum Gasteiger partial charge on any atom is 0.151 e. The number of halogens is 1. The molecule has 2 rings (SSSR count). The lowest BCUT2D eigenvalue weighted by molar-refractivity contribution is 0.605. The Labute approximate surface area is 70.0 Å². The fraction of sp³-hybridized carbons (Fsp3) is 0.429. The monoisotopic (exact) mass is 169 g/mol. The van der Waals surface area contributed by atoms with Crippen molar-refractivity contribution in [2.75, 3.05) is 18.0 Å². The second-order valence-corrected chi connectivity index (χ2v) is 2.94. The van der Waals surface area contributed by atoms with E-state index >= 15 is 0 Å². The van der Waals surface area contributed by atoms with Crippen LogP contribution in [-0.4, -0.2) is 23.3 Å². The van der Waals surface area contributed by atoms with E-state index in [0.29, 0.717) is 5.15 Å². The number of hydrogen-bond acceptors (Lipinski definition) is 3. The fourth-order valence-corrected chi connectivity index (χ4v) is 1.12. The van der Waals surface area contributed by atoms with Crippen LogP contribution in [0.5, 0.6) is 0 Å². The van der Waals surface area contributed by atoms with E-state index in [0.717, 1.165) is 18.9 Å². The van der Waals surface area contributed by atoms with Gasteiger partial charge in [0.2, 0.25) is 0 Å². The minimum atomic E-state index is 0.453. The van der Waals surface area contributed by atoms with Gasteiger partial charge in [0.15, 0.2) is 11.0 Å². The zero-order chi connectivity index (χ0) is 7.68. The summed E-state index contributed by atoms with van der Waals surface area (Å²) in [6.07, 6.45) is 1.25. The number of nitrogens with zero attached hydrogens (tertiary/aromatic N) is 3. The molecule has 1 aliphatic heterocycles. The molecular formula is C7H8ClN3. The summed E-state index contributed by atoms with van der Waals surface area (Å²) in [4.78, 5) is 2.17. The average molecular weight is 170 g/mol. The molecule has 0 radical (unpaired) electrons. The standard InChI is InChI=1S/C7H8ClN3/c8-6-2-3-7(10-9-6)11-4-1-5-11/h2-3H,1,4-5H2. The zero-order valence-corrected chi connectivity index (χ0v) is 6.75. The highest BCUT2D eigenvalue weighted by Crippen LogP contribution is 2.17. The minimum absolute atomic E-state index is 0.453. The van der Waals surface area contributed by atoms with Gasteiger partial charge in [0.05, 0.1) is 0 Å². The molecule has 3 nitrogen and oxygen atoms in total. The molecule has 0 bridgehead atoms. The van der Waals surface area contributed by atoms with E-state index in [1.54, 1.807) is 6.07 Å². The molecule has 58 valence electrons. The van der Waals surface area contributed by atoms with Crippen LogP contribution in [0.15, 0.2) is 12.1 Å². The summed E-state index contributed by atoms with van der Waals surface area (Å²) >= 11 is 5.59. The Kier molecular flexibility index (Phi) is 1.66. The van der Waals surface area contributed by atoms with Gasteiger partial charge in [-0.1, -0.05) is 11.6 Å². The fourth-order valence-electron chi connectivity index (χ4n) is 1.02. The average Bonchev–Trinajstić information content (AvgIpc) is 1.90. The van der Waals surface area contributed by atoms with Gasteiger partial charge in [0, 0.05) is 13.1 Å². The van der Waals surface area contributed by atoms with Crippen molar-refractivity contribution in [2.45, 2.75) is 6.42 Å². The highest BCUT2D eigenvalue weighted by atomic mass is 35.5. The lowest BCUT2D eigenvalue weighted by Crippen LogP contribution is -2.37. The third kappa shape index (κ3) is 1.28. The summed E-state index contributed by atoms with van der Waals surface area (Å²) in [6.45, 7) is 2.19. The van der Waals surface area contributed by atoms with Crippen molar-refractivity contribution in [2.24, 2.45) is 0 Å². The molecule has 0 spiro atoms. The summed E-state index contributed by atoms with van der Waals surface area (Å²) in [7, 11) is 0. The Balaban J connectivity index is 2.18. The molecule has 2 heterocycles. The van der Waals surface area contributed by atoms with Crippen molar-refractivity contribution >= 4 is 17.4 Å². The zero-order valence-electron chi connectivity index (χ0n) is 6.00. The first-order chi connectivity index (χ1) is 5.36. The molecule has 1 saturated heterocycles. The molecule has 0 atom stereocenters. The Morgan fingerprint density at radius 3 is 2.55 bits per heavy atom. The van der Waals surface area contributed by atoms with Crippen LogP contribution in [0, 0.1) is 0 Å². The molecule has 1 aromatic heterocycles. The molecule has 0 unspecified atom stereocenters. The first-order valence-electron chi connectivity index (χ1n) is 3.60. The van der Waals surface area contributed by atoms with Crippen LogP contribution in [0.1, 0.15) is 6.42 Å². The van der Waals surface area contributed by atoms with Gasteiger partial charge in [-0.15, -0.1) is 10.2 Å². The van der Waals surface area contributed by atoms with Gasteiger partial charge >= 0.3 is 0 Å². The summed E-state index contributed by atoms with van der Waals surface area (Å²) < 4.78 is 0. The molecule has 1 aliphatic rings. The van der Waals surface area contributed by atoms with Crippen molar-refractivity contribution in [3.8, 4) is 0 Å². The van der Waals surface area contributed by atoms with E-state index < -0.39 is 0 Å². The Bertz CT molecular complexity index is 242. The van der Waals surface area contributed by atoms with Gasteiger partial charge in [0.25, 0.3) is 0 Å². The molecule has 0 aliphatic carbocycles. The van der Waals surface area contributed by atoms with Gasteiger partial charge in [0.1, 0.15) is 0 Å². The van der Waals surface area contributed by atoms with E-state index in [1.165, 1.54) is 6.42 Å². The van der Waals surface area contributed by atoms with E-state index in [2.05, 4.69) is 15.1 Å². The lowest BCUT2D eigenvalue weighted by Gasteiger charge is -2.31. The molecule has 11 heavy (non-hydrogen) atoms. The van der Waals surface area contributed by atoms with Crippen molar-refractivity contribution in [1.29, 1.82) is 0 Å². The van der Waals surface area contributed by atoms with Crippen molar-refractivity contribution in [3.05, 3.63) is 17.3 Å². The summed E-state index contributed by atoms with van der Waals surface area (Å²) in [5.74, 6) is 0.931. The van der Waals surface area contributed by atoms with Gasteiger partial charge in [-0.2, -0.15) is 0 Å². The molecule has 1 aromatic rings. The largest absolute Gasteiger partial charge is 0.355 e. The van der Waals surface area contributed by atoms with Crippen LogP contribution in [0.25, 0.3) is 0 Å². The molecule has 0 amide bonds. The maximum absolute atomic E-state index is 5.59. The van der Waals surface area contributed by atoms with E-state index in [-0.39, 0.29) is 0 Å². The second kappa shape index (κ2) is 2.66. The van der Waals surface area contributed by atoms with Crippen molar-refractivity contribution < 1.29 is 0 Å². The molecule has 1 fully saturated rings. The molecule has 0 N–H and O–H groups in total.